The van der Waals surface area contributed by atoms with E-state index in [1.165, 1.54) is 19.3 Å². The lowest BCUT2D eigenvalue weighted by Crippen LogP contribution is -2.20. The molecular formula is C14H20N2O2. The fraction of sp³-hybridized carbons (Fsp3) is 0.500. The summed E-state index contributed by atoms with van der Waals surface area (Å²) < 4.78 is 6.03. The minimum atomic E-state index is 0.114. The van der Waals surface area contributed by atoms with Crippen LogP contribution in [0.2, 0.25) is 0 Å². The maximum Gasteiger partial charge on any atom is 0.170 e. The molecule has 0 atom stereocenters. The van der Waals surface area contributed by atoms with Crippen molar-refractivity contribution in [1.29, 1.82) is 0 Å². The highest BCUT2D eigenvalue weighted by Gasteiger charge is 2.16. The normalized spacial score (nSPS) is 17.7. The van der Waals surface area contributed by atoms with Crippen molar-refractivity contribution in [2.24, 2.45) is 10.9 Å². The molecule has 1 aromatic rings. The second-order valence-corrected chi connectivity index (χ2v) is 4.84. The predicted octanol–water partition coefficient (Wildman–Crippen LogP) is 2.80. The Labute approximate surface area is 107 Å². The van der Waals surface area contributed by atoms with E-state index in [9.17, 15) is 0 Å². The van der Waals surface area contributed by atoms with Crippen molar-refractivity contribution in [2.75, 3.05) is 0 Å². The van der Waals surface area contributed by atoms with Crippen LogP contribution in [-0.2, 0) is 0 Å². The summed E-state index contributed by atoms with van der Waals surface area (Å²) in [5.74, 6) is 0.953. The number of hydrogen-bond donors (Lipinski definition) is 2. The highest BCUT2D eigenvalue weighted by atomic mass is 16.5. The van der Waals surface area contributed by atoms with Crippen LogP contribution in [0.25, 0.3) is 0 Å². The van der Waals surface area contributed by atoms with Crippen molar-refractivity contribution >= 4 is 5.84 Å². The molecule has 0 spiro atoms. The predicted molar refractivity (Wildman–Crippen MR) is 71.2 cm³/mol. The minimum absolute atomic E-state index is 0.114. The van der Waals surface area contributed by atoms with E-state index in [4.69, 9.17) is 15.7 Å². The van der Waals surface area contributed by atoms with Gasteiger partial charge < -0.3 is 15.7 Å². The third kappa shape index (κ3) is 2.94. The molecule has 1 saturated carbocycles. The molecule has 1 aliphatic rings. The molecule has 0 amide bonds. The van der Waals surface area contributed by atoms with Gasteiger partial charge in [0.1, 0.15) is 5.75 Å². The van der Waals surface area contributed by atoms with Crippen LogP contribution in [0.3, 0.4) is 0 Å². The number of nitrogens with two attached hydrogens (primary N) is 1. The van der Waals surface area contributed by atoms with Crippen LogP contribution >= 0.6 is 0 Å². The third-order valence-electron chi connectivity index (χ3n) is 3.44. The molecule has 2 rings (SSSR count). The standard InChI is InChI=1S/C14H20N2O2/c1-10-7-8-11(14(15)16-17)9-13(10)18-12-5-3-2-4-6-12/h7-9,12,17H,2-6H2,1H3,(H2,15,16). The molecule has 4 heteroatoms. The summed E-state index contributed by atoms with van der Waals surface area (Å²) in [6, 6.07) is 5.61. The van der Waals surface area contributed by atoms with E-state index in [1.807, 2.05) is 25.1 Å². The van der Waals surface area contributed by atoms with E-state index in [2.05, 4.69) is 5.16 Å². The second kappa shape index (κ2) is 5.76. The van der Waals surface area contributed by atoms with Gasteiger partial charge in [0.25, 0.3) is 0 Å². The van der Waals surface area contributed by atoms with Gasteiger partial charge in [-0.25, -0.2) is 0 Å². The monoisotopic (exact) mass is 248 g/mol. The summed E-state index contributed by atoms with van der Waals surface area (Å²) in [5, 5.41) is 11.7. The summed E-state index contributed by atoms with van der Waals surface area (Å²) in [6.07, 6.45) is 6.33. The average molecular weight is 248 g/mol. The Bertz CT molecular complexity index is 437. The molecular weight excluding hydrogens is 228 g/mol. The van der Waals surface area contributed by atoms with Crippen molar-refractivity contribution in [3.63, 3.8) is 0 Å². The Morgan fingerprint density at radius 3 is 2.72 bits per heavy atom. The summed E-state index contributed by atoms with van der Waals surface area (Å²) in [4.78, 5) is 0. The number of hydrogen-bond acceptors (Lipinski definition) is 3. The molecule has 18 heavy (non-hydrogen) atoms. The zero-order chi connectivity index (χ0) is 13.0. The molecule has 1 aliphatic carbocycles. The molecule has 0 radical (unpaired) electrons. The first-order valence-corrected chi connectivity index (χ1v) is 6.46. The Hall–Kier alpha value is -1.71. The van der Waals surface area contributed by atoms with Gasteiger partial charge in [-0.2, -0.15) is 0 Å². The lowest BCUT2D eigenvalue weighted by molar-refractivity contribution is 0.154. The summed E-state index contributed by atoms with van der Waals surface area (Å²) in [6.45, 7) is 2.01. The van der Waals surface area contributed by atoms with Gasteiger partial charge in [0.2, 0.25) is 0 Å². The lowest BCUT2D eigenvalue weighted by Gasteiger charge is -2.24. The van der Waals surface area contributed by atoms with Crippen LogP contribution in [0.15, 0.2) is 23.4 Å². The zero-order valence-electron chi connectivity index (χ0n) is 10.7. The van der Waals surface area contributed by atoms with E-state index in [1.54, 1.807) is 0 Å². The van der Waals surface area contributed by atoms with Crippen LogP contribution in [0.1, 0.15) is 43.2 Å². The topological polar surface area (TPSA) is 67.8 Å². The number of oxime groups is 1. The van der Waals surface area contributed by atoms with Gasteiger partial charge in [0.15, 0.2) is 5.84 Å². The molecule has 0 bridgehead atoms. The quantitative estimate of drug-likeness (QED) is 0.374. The van der Waals surface area contributed by atoms with E-state index < -0.39 is 0 Å². The number of rotatable bonds is 3. The Morgan fingerprint density at radius 1 is 1.33 bits per heavy atom. The van der Waals surface area contributed by atoms with Crippen molar-refractivity contribution in [3.05, 3.63) is 29.3 Å². The fourth-order valence-corrected chi connectivity index (χ4v) is 2.31. The van der Waals surface area contributed by atoms with Crippen LogP contribution in [0, 0.1) is 6.92 Å². The fourth-order valence-electron chi connectivity index (χ4n) is 2.31. The molecule has 0 aliphatic heterocycles. The smallest absolute Gasteiger partial charge is 0.170 e. The van der Waals surface area contributed by atoms with Gasteiger partial charge in [0.05, 0.1) is 6.10 Å². The van der Waals surface area contributed by atoms with E-state index >= 15 is 0 Å². The first-order valence-electron chi connectivity index (χ1n) is 6.46. The van der Waals surface area contributed by atoms with Crippen molar-refractivity contribution < 1.29 is 9.94 Å². The maximum absolute atomic E-state index is 8.69. The first-order chi connectivity index (χ1) is 8.70. The highest BCUT2D eigenvalue weighted by molar-refractivity contribution is 5.97. The average Bonchev–Trinajstić information content (AvgIpc) is 2.41. The summed E-state index contributed by atoms with van der Waals surface area (Å²) >= 11 is 0. The number of aryl methyl sites for hydroxylation is 1. The molecule has 0 saturated heterocycles. The molecule has 4 nitrogen and oxygen atoms in total. The Morgan fingerprint density at radius 2 is 2.06 bits per heavy atom. The number of ether oxygens (including phenoxy) is 1. The van der Waals surface area contributed by atoms with Crippen molar-refractivity contribution in [2.45, 2.75) is 45.1 Å². The SMILES string of the molecule is Cc1ccc(/C(N)=N/O)cc1OC1CCCCC1. The molecule has 1 aromatic carbocycles. The van der Waals surface area contributed by atoms with E-state index in [-0.39, 0.29) is 5.84 Å². The number of nitrogens with zero attached hydrogens (tertiary/aromatic N) is 1. The van der Waals surface area contributed by atoms with Gasteiger partial charge in [0, 0.05) is 5.56 Å². The molecule has 98 valence electrons. The number of amidine groups is 1. The van der Waals surface area contributed by atoms with Gasteiger partial charge in [-0.15, -0.1) is 0 Å². The van der Waals surface area contributed by atoms with E-state index in [0.29, 0.717) is 11.7 Å². The van der Waals surface area contributed by atoms with Gasteiger partial charge in [-0.3, -0.25) is 0 Å². The Kier molecular flexibility index (Phi) is 4.07. The molecule has 0 unspecified atom stereocenters. The van der Waals surface area contributed by atoms with Crippen LogP contribution in [0.5, 0.6) is 5.75 Å². The molecule has 0 aromatic heterocycles. The minimum Gasteiger partial charge on any atom is -0.490 e. The van der Waals surface area contributed by atoms with Gasteiger partial charge in [-0.1, -0.05) is 23.7 Å². The summed E-state index contributed by atoms with van der Waals surface area (Å²) in [5.41, 5.74) is 7.36. The van der Waals surface area contributed by atoms with Gasteiger partial charge in [-0.05, 0) is 44.2 Å². The second-order valence-electron chi connectivity index (χ2n) is 4.84. The van der Waals surface area contributed by atoms with Crippen LogP contribution in [-0.4, -0.2) is 17.1 Å². The van der Waals surface area contributed by atoms with E-state index in [0.717, 1.165) is 24.2 Å². The molecule has 1 fully saturated rings. The molecule has 0 heterocycles. The Balaban J connectivity index is 2.15. The largest absolute Gasteiger partial charge is 0.490 e. The number of benzene rings is 1. The van der Waals surface area contributed by atoms with Crippen LogP contribution in [0.4, 0.5) is 0 Å². The van der Waals surface area contributed by atoms with Gasteiger partial charge >= 0.3 is 0 Å². The van der Waals surface area contributed by atoms with Crippen LogP contribution < -0.4 is 10.5 Å². The molecule has 3 N–H and O–H groups in total. The van der Waals surface area contributed by atoms with Crippen molar-refractivity contribution in [1.82, 2.24) is 0 Å². The summed E-state index contributed by atoms with van der Waals surface area (Å²) in [7, 11) is 0. The maximum atomic E-state index is 8.69. The third-order valence-corrected chi connectivity index (χ3v) is 3.44. The zero-order valence-corrected chi connectivity index (χ0v) is 10.7. The highest BCUT2D eigenvalue weighted by Crippen LogP contribution is 2.26. The lowest BCUT2D eigenvalue weighted by atomic mass is 9.97. The van der Waals surface area contributed by atoms with Crippen molar-refractivity contribution in [3.8, 4) is 5.75 Å². The first kappa shape index (κ1) is 12.7.